The Hall–Kier alpha value is -2.25. The molecule has 0 aliphatic heterocycles. The minimum Gasteiger partial charge on any atom is -0.497 e. The van der Waals surface area contributed by atoms with E-state index in [0.717, 1.165) is 21.9 Å². The number of carbonyl (C=O) groups is 1. The molecule has 0 fully saturated rings. The highest BCUT2D eigenvalue weighted by molar-refractivity contribution is 7.92. The molecule has 26 heavy (non-hydrogen) atoms. The number of hydrogen-bond acceptors (Lipinski definition) is 4. The quantitative estimate of drug-likeness (QED) is 0.780. The number of hydrogen-bond donors (Lipinski definition) is 1. The molecule has 1 unspecified atom stereocenters. The molecular weight excluding hydrogens is 376 g/mol. The lowest BCUT2D eigenvalue weighted by Gasteiger charge is -2.23. The normalized spacial score (nSPS) is 12.3. The van der Waals surface area contributed by atoms with Crippen LogP contribution in [0.25, 0.3) is 0 Å². The van der Waals surface area contributed by atoms with E-state index in [1.54, 1.807) is 37.4 Å². The fourth-order valence-corrected chi connectivity index (χ4v) is 3.46. The summed E-state index contributed by atoms with van der Waals surface area (Å²) in [5.41, 5.74) is 1.22. The van der Waals surface area contributed by atoms with Gasteiger partial charge in [0, 0.05) is 5.02 Å². The van der Waals surface area contributed by atoms with E-state index in [2.05, 4.69) is 5.32 Å². The van der Waals surface area contributed by atoms with Gasteiger partial charge in [-0.2, -0.15) is 0 Å². The Morgan fingerprint density at radius 1 is 1.23 bits per heavy atom. The molecule has 140 valence electrons. The third-order valence-corrected chi connectivity index (χ3v) is 5.15. The minimum absolute atomic E-state index is 0.283. The third kappa shape index (κ3) is 5.37. The highest BCUT2D eigenvalue weighted by Gasteiger charge is 2.22. The van der Waals surface area contributed by atoms with Gasteiger partial charge in [-0.25, -0.2) is 8.42 Å². The summed E-state index contributed by atoms with van der Waals surface area (Å²) in [6.45, 7) is 1.49. The van der Waals surface area contributed by atoms with Gasteiger partial charge in [0.05, 0.1) is 25.1 Å². The van der Waals surface area contributed by atoms with E-state index in [1.165, 1.54) is 6.07 Å². The Morgan fingerprint density at radius 2 is 1.88 bits per heavy atom. The summed E-state index contributed by atoms with van der Waals surface area (Å²) in [4.78, 5) is 12.4. The van der Waals surface area contributed by atoms with Crippen LogP contribution in [0.2, 0.25) is 5.02 Å². The van der Waals surface area contributed by atoms with Crippen molar-refractivity contribution in [1.29, 1.82) is 0 Å². The smallest absolute Gasteiger partial charge is 0.241 e. The van der Waals surface area contributed by atoms with E-state index in [1.807, 2.05) is 19.1 Å². The summed E-state index contributed by atoms with van der Waals surface area (Å²) < 4.78 is 30.3. The van der Waals surface area contributed by atoms with Crippen LogP contribution in [-0.4, -0.2) is 34.2 Å². The molecule has 0 spiro atoms. The summed E-state index contributed by atoms with van der Waals surface area (Å²) in [5, 5.41) is 3.19. The molecule has 1 atom stereocenters. The summed E-state index contributed by atoms with van der Waals surface area (Å²) in [6, 6.07) is 13.4. The number of methoxy groups -OCH3 is 1. The Balaban J connectivity index is 2.11. The lowest BCUT2D eigenvalue weighted by Crippen LogP contribution is -2.41. The van der Waals surface area contributed by atoms with Crippen LogP contribution < -0.4 is 14.4 Å². The van der Waals surface area contributed by atoms with Gasteiger partial charge in [-0.1, -0.05) is 29.8 Å². The monoisotopic (exact) mass is 396 g/mol. The summed E-state index contributed by atoms with van der Waals surface area (Å²) in [5.74, 6) is 0.301. The maximum absolute atomic E-state index is 12.4. The zero-order valence-corrected chi connectivity index (χ0v) is 16.3. The van der Waals surface area contributed by atoms with Gasteiger partial charge in [0.15, 0.2) is 0 Å². The second-order valence-corrected chi connectivity index (χ2v) is 8.16. The van der Waals surface area contributed by atoms with E-state index in [4.69, 9.17) is 16.3 Å². The summed E-state index contributed by atoms with van der Waals surface area (Å²) in [7, 11) is -2.06. The van der Waals surface area contributed by atoms with E-state index in [0.29, 0.717) is 10.7 Å². The van der Waals surface area contributed by atoms with Crippen LogP contribution in [0, 0.1) is 0 Å². The molecule has 0 bridgehead atoms. The third-order valence-electron chi connectivity index (χ3n) is 3.78. The van der Waals surface area contributed by atoms with E-state index >= 15 is 0 Å². The largest absolute Gasteiger partial charge is 0.497 e. The predicted octanol–water partition coefficient (Wildman–Crippen LogP) is 2.99. The molecule has 1 N–H and O–H groups in total. The molecule has 2 aromatic rings. The number of halogens is 1. The van der Waals surface area contributed by atoms with Crippen molar-refractivity contribution in [2.45, 2.75) is 13.0 Å². The first kappa shape index (κ1) is 20.1. The van der Waals surface area contributed by atoms with Gasteiger partial charge in [0.1, 0.15) is 12.3 Å². The number of rotatable bonds is 7. The Labute approximate surface area is 158 Å². The Morgan fingerprint density at radius 3 is 2.42 bits per heavy atom. The van der Waals surface area contributed by atoms with Gasteiger partial charge < -0.3 is 10.1 Å². The summed E-state index contributed by atoms with van der Waals surface area (Å²) in [6.07, 6.45) is 1.05. The Bertz CT molecular complexity index is 869. The molecule has 0 saturated heterocycles. The van der Waals surface area contributed by atoms with Crippen molar-refractivity contribution in [2.75, 3.05) is 24.2 Å². The SMILES string of the molecule is COc1ccc(C(C)NC(=O)CN(c2cccc(Cl)c2)S(C)(=O)=O)cc1. The molecule has 0 radical (unpaired) electrons. The fraction of sp³-hybridized carbons (Fsp3) is 0.278. The predicted molar refractivity (Wildman–Crippen MR) is 103 cm³/mol. The number of amides is 1. The van der Waals surface area contributed by atoms with Gasteiger partial charge in [0.25, 0.3) is 0 Å². The van der Waals surface area contributed by atoms with Crippen LogP contribution in [0.5, 0.6) is 5.75 Å². The molecule has 2 rings (SSSR count). The maximum Gasteiger partial charge on any atom is 0.241 e. The van der Waals surface area contributed by atoms with E-state index in [-0.39, 0.29) is 12.6 Å². The number of anilines is 1. The molecule has 1 amide bonds. The average Bonchev–Trinajstić information content (AvgIpc) is 2.58. The van der Waals surface area contributed by atoms with Crippen LogP contribution in [-0.2, 0) is 14.8 Å². The Kier molecular flexibility index (Phi) is 6.50. The van der Waals surface area contributed by atoms with Crippen molar-refractivity contribution in [1.82, 2.24) is 5.32 Å². The van der Waals surface area contributed by atoms with Crippen molar-refractivity contribution in [3.8, 4) is 5.75 Å². The van der Waals surface area contributed by atoms with Gasteiger partial charge in [-0.3, -0.25) is 9.10 Å². The van der Waals surface area contributed by atoms with Gasteiger partial charge in [-0.15, -0.1) is 0 Å². The highest BCUT2D eigenvalue weighted by Crippen LogP contribution is 2.22. The van der Waals surface area contributed by atoms with Crippen LogP contribution in [0.15, 0.2) is 48.5 Å². The number of benzene rings is 2. The molecule has 0 aliphatic carbocycles. The molecule has 6 nitrogen and oxygen atoms in total. The molecule has 8 heteroatoms. The van der Waals surface area contributed by atoms with Crippen LogP contribution >= 0.6 is 11.6 Å². The van der Waals surface area contributed by atoms with Gasteiger partial charge in [-0.05, 0) is 42.8 Å². The highest BCUT2D eigenvalue weighted by atomic mass is 35.5. The topological polar surface area (TPSA) is 75.7 Å². The first-order valence-corrected chi connectivity index (χ1v) is 10.1. The zero-order valence-electron chi connectivity index (χ0n) is 14.8. The molecule has 0 heterocycles. The van der Waals surface area contributed by atoms with E-state index < -0.39 is 15.9 Å². The van der Waals surface area contributed by atoms with Crippen LogP contribution in [0.3, 0.4) is 0 Å². The number of nitrogens with one attached hydrogen (secondary N) is 1. The van der Waals surface area contributed by atoms with E-state index in [9.17, 15) is 13.2 Å². The number of sulfonamides is 1. The first-order valence-electron chi connectivity index (χ1n) is 7.87. The number of carbonyl (C=O) groups excluding carboxylic acids is 1. The molecule has 0 saturated carbocycles. The van der Waals surface area contributed by atoms with Crippen molar-refractivity contribution in [3.63, 3.8) is 0 Å². The van der Waals surface area contributed by atoms with Crippen molar-refractivity contribution in [2.24, 2.45) is 0 Å². The van der Waals surface area contributed by atoms with Crippen molar-refractivity contribution >= 4 is 33.2 Å². The van der Waals surface area contributed by atoms with Crippen LogP contribution in [0.1, 0.15) is 18.5 Å². The van der Waals surface area contributed by atoms with Crippen LogP contribution in [0.4, 0.5) is 5.69 Å². The molecule has 2 aromatic carbocycles. The second-order valence-electron chi connectivity index (χ2n) is 5.81. The second kappa shape index (κ2) is 8.42. The number of ether oxygens (including phenoxy) is 1. The molecule has 0 aromatic heterocycles. The van der Waals surface area contributed by atoms with Crippen molar-refractivity contribution < 1.29 is 17.9 Å². The summed E-state index contributed by atoms with van der Waals surface area (Å²) >= 11 is 5.93. The van der Waals surface area contributed by atoms with Gasteiger partial charge >= 0.3 is 0 Å². The molecule has 0 aliphatic rings. The number of nitrogens with zero attached hydrogens (tertiary/aromatic N) is 1. The lowest BCUT2D eigenvalue weighted by molar-refractivity contribution is -0.120. The van der Waals surface area contributed by atoms with Gasteiger partial charge in [0.2, 0.25) is 15.9 Å². The zero-order chi connectivity index (χ0) is 19.3. The standard InChI is InChI=1S/C18H21ClN2O4S/c1-13(14-7-9-17(25-2)10-8-14)20-18(22)12-21(26(3,23)24)16-6-4-5-15(19)11-16/h4-11,13H,12H2,1-3H3,(H,20,22). The maximum atomic E-state index is 12.4. The minimum atomic E-state index is -3.64. The fourth-order valence-electron chi connectivity index (χ4n) is 2.42. The van der Waals surface area contributed by atoms with Crippen molar-refractivity contribution in [3.05, 3.63) is 59.1 Å². The molecular formula is C18H21ClN2O4S. The average molecular weight is 397 g/mol. The lowest BCUT2D eigenvalue weighted by atomic mass is 10.1. The first-order chi connectivity index (χ1) is 12.2.